The number of amides is 2. The van der Waals surface area contributed by atoms with Gasteiger partial charge in [0.05, 0.1) is 5.41 Å². The first-order valence-corrected chi connectivity index (χ1v) is 9.32. The van der Waals surface area contributed by atoms with Gasteiger partial charge in [-0.05, 0) is 55.5 Å². The van der Waals surface area contributed by atoms with E-state index in [9.17, 15) is 9.59 Å². The van der Waals surface area contributed by atoms with Crippen LogP contribution >= 0.6 is 0 Å². The molecule has 0 saturated carbocycles. The van der Waals surface area contributed by atoms with Gasteiger partial charge in [-0.1, -0.05) is 49.0 Å². The Morgan fingerprint density at radius 1 is 1.07 bits per heavy atom. The molecule has 140 valence electrons. The van der Waals surface area contributed by atoms with Crippen LogP contribution in [-0.2, 0) is 15.0 Å². The lowest BCUT2D eigenvalue weighted by atomic mass is 9.72. The maximum absolute atomic E-state index is 13.5. The summed E-state index contributed by atoms with van der Waals surface area (Å²) in [6.45, 7) is 8.66. The molecule has 2 amide bonds. The molecule has 1 N–H and O–H groups in total. The smallest absolute Gasteiger partial charge is 0.245 e. The third-order valence-corrected chi connectivity index (χ3v) is 5.51. The topological polar surface area (TPSA) is 49.4 Å². The number of carbonyl (C=O) groups excluding carboxylic acids is 2. The first-order valence-electron chi connectivity index (χ1n) is 9.32. The molecule has 0 aromatic heterocycles. The molecule has 4 heteroatoms. The summed E-state index contributed by atoms with van der Waals surface area (Å²) in [6.07, 6.45) is 2.52. The van der Waals surface area contributed by atoms with Crippen LogP contribution in [0.2, 0.25) is 0 Å². The van der Waals surface area contributed by atoms with Crippen molar-refractivity contribution in [2.75, 3.05) is 18.4 Å². The van der Waals surface area contributed by atoms with Gasteiger partial charge in [0.1, 0.15) is 0 Å². The normalized spacial score (nSPS) is 15.9. The van der Waals surface area contributed by atoms with E-state index in [1.165, 1.54) is 6.08 Å². The van der Waals surface area contributed by atoms with Crippen molar-refractivity contribution in [2.24, 2.45) is 0 Å². The highest BCUT2D eigenvalue weighted by Gasteiger charge is 2.43. The van der Waals surface area contributed by atoms with Gasteiger partial charge < -0.3 is 10.2 Å². The molecule has 0 bridgehead atoms. The summed E-state index contributed by atoms with van der Waals surface area (Å²) in [5, 5.41) is 3.16. The maximum atomic E-state index is 13.5. The quantitative estimate of drug-likeness (QED) is 0.836. The van der Waals surface area contributed by atoms with Gasteiger partial charge in [0, 0.05) is 18.8 Å². The van der Waals surface area contributed by atoms with Crippen LogP contribution in [0.4, 0.5) is 5.69 Å². The fourth-order valence-electron chi connectivity index (χ4n) is 3.75. The Bertz CT molecular complexity index is 850. The van der Waals surface area contributed by atoms with E-state index in [1.54, 1.807) is 4.90 Å². The van der Waals surface area contributed by atoms with Gasteiger partial charge in [0.15, 0.2) is 0 Å². The SMILES string of the molecule is C=CC(=O)N1CCC(C(=O)Nc2cc(C)ccc2C)(c2ccccc2)CC1. The van der Waals surface area contributed by atoms with Crippen LogP contribution in [0.25, 0.3) is 0 Å². The van der Waals surface area contributed by atoms with Crippen molar-refractivity contribution in [3.63, 3.8) is 0 Å². The number of benzene rings is 2. The summed E-state index contributed by atoms with van der Waals surface area (Å²) in [7, 11) is 0. The molecule has 1 saturated heterocycles. The molecule has 27 heavy (non-hydrogen) atoms. The summed E-state index contributed by atoms with van der Waals surface area (Å²) >= 11 is 0. The monoisotopic (exact) mass is 362 g/mol. The number of likely N-dealkylation sites (tertiary alicyclic amines) is 1. The minimum Gasteiger partial charge on any atom is -0.339 e. The average Bonchev–Trinajstić information content (AvgIpc) is 2.70. The molecular formula is C23H26N2O2. The molecule has 2 aromatic rings. The molecule has 1 aliphatic rings. The molecule has 0 spiro atoms. The number of aryl methyl sites for hydroxylation is 2. The largest absolute Gasteiger partial charge is 0.339 e. The van der Waals surface area contributed by atoms with E-state index < -0.39 is 5.41 Å². The van der Waals surface area contributed by atoms with Gasteiger partial charge >= 0.3 is 0 Å². The lowest BCUT2D eigenvalue weighted by Gasteiger charge is -2.41. The third kappa shape index (κ3) is 3.80. The summed E-state index contributed by atoms with van der Waals surface area (Å²) < 4.78 is 0. The summed E-state index contributed by atoms with van der Waals surface area (Å²) in [5.74, 6) is -0.0836. The second-order valence-corrected chi connectivity index (χ2v) is 7.25. The van der Waals surface area contributed by atoms with Crippen LogP contribution in [0.1, 0.15) is 29.5 Å². The Balaban J connectivity index is 1.91. The zero-order valence-corrected chi connectivity index (χ0v) is 16.0. The summed E-state index contributed by atoms with van der Waals surface area (Å²) in [5.41, 5.74) is 3.35. The van der Waals surface area contributed by atoms with Crippen molar-refractivity contribution < 1.29 is 9.59 Å². The minimum absolute atomic E-state index is 0.00639. The first kappa shape index (κ1) is 18.9. The molecule has 0 atom stereocenters. The number of nitrogens with one attached hydrogen (secondary N) is 1. The zero-order chi connectivity index (χ0) is 19.4. The molecule has 0 unspecified atom stereocenters. The number of nitrogens with zero attached hydrogens (tertiary/aromatic N) is 1. The van der Waals surface area contributed by atoms with E-state index >= 15 is 0 Å². The van der Waals surface area contributed by atoms with E-state index in [4.69, 9.17) is 0 Å². The Morgan fingerprint density at radius 2 is 1.74 bits per heavy atom. The van der Waals surface area contributed by atoms with Crippen molar-refractivity contribution in [1.82, 2.24) is 4.90 Å². The molecule has 0 aliphatic carbocycles. The Hall–Kier alpha value is -2.88. The van der Waals surface area contributed by atoms with Crippen molar-refractivity contribution in [3.8, 4) is 0 Å². The second kappa shape index (κ2) is 7.78. The third-order valence-electron chi connectivity index (χ3n) is 5.51. The van der Waals surface area contributed by atoms with E-state index in [1.807, 2.05) is 62.4 Å². The zero-order valence-electron chi connectivity index (χ0n) is 16.0. The molecule has 1 fully saturated rings. The average molecular weight is 362 g/mol. The van der Waals surface area contributed by atoms with E-state index in [-0.39, 0.29) is 11.8 Å². The van der Waals surface area contributed by atoms with Gasteiger partial charge in [-0.15, -0.1) is 0 Å². The lowest BCUT2D eigenvalue weighted by molar-refractivity contribution is -0.131. The minimum atomic E-state index is -0.643. The molecule has 0 radical (unpaired) electrons. The summed E-state index contributed by atoms with van der Waals surface area (Å²) in [4.78, 5) is 27.2. The fraction of sp³-hybridized carbons (Fsp3) is 0.304. The van der Waals surface area contributed by atoms with Crippen molar-refractivity contribution >= 4 is 17.5 Å². The number of anilines is 1. The van der Waals surface area contributed by atoms with Gasteiger partial charge in [-0.3, -0.25) is 9.59 Å². The van der Waals surface area contributed by atoms with Gasteiger partial charge in [0.25, 0.3) is 0 Å². The van der Waals surface area contributed by atoms with Crippen LogP contribution < -0.4 is 5.32 Å². The molecule has 1 heterocycles. The highest BCUT2D eigenvalue weighted by molar-refractivity contribution is 6.00. The lowest BCUT2D eigenvalue weighted by Crippen LogP contribution is -2.50. The first-order chi connectivity index (χ1) is 13.0. The van der Waals surface area contributed by atoms with E-state index in [0.29, 0.717) is 25.9 Å². The van der Waals surface area contributed by atoms with Crippen LogP contribution in [0.15, 0.2) is 61.2 Å². The summed E-state index contributed by atoms with van der Waals surface area (Å²) in [6, 6.07) is 16.0. The predicted molar refractivity (Wildman–Crippen MR) is 109 cm³/mol. The standard InChI is InChI=1S/C23H26N2O2/c1-4-21(26)25-14-12-23(13-15-25,19-8-6-5-7-9-19)22(27)24-20-16-17(2)10-11-18(20)3/h4-11,16H,1,12-15H2,2-3H3,(H,24,27). The van der Waals surface area contributed by atoms with Crippen LogP contribution in [0, 0.1) is 13.8 Å². The maximum Gasteiger partial charge on any atom is 0.245 e. The highest BCUT2D eigenvalue weighted by atomic mass is 16.2. The van der Waals surface area contributed by atoms with Gasteiger partial charge in [-0.2, -0.15) is 0 Å². The van der Waals surface area contributed by atoms with Crippen LogP contribution in [-0.4, -0.2) is 29.8 Å². The molecule has 3 rings (SSSR count). The predicted octanol–water partition coefficient (Wildman–Crippen LogP) is 3.99. The Labute approximate surface area is 160 Å². The second-order valence-electron chi connectivity index (χ2n) is 7.25. The molecule has 1 aliphatic heterocycles. The Morgan fingerprint density at radius 3 is 2.37 bits per heavy atom. The van der Waals surface area contributed by atoms with Gasteiger partial charge in [-0.25, -0.2) is 0 Å². The molecule has 2 aromatic carbocycles. The number of piperidine rings is 1. The molecular weight excluding hydrogens is 336 g/mol. The fourth-order valence-corrected chi connectivity index (χ4v) is 3.75. The van der Waals surface area contributed by atoms with E-state index in [0.717, 1.165) is 22.4 Å². The van der Waals surface area contributed by atoms with E-state index in [2.05, 4.69) is 11.9 Å². The number of hydrogen-bond donors (Lipinski definition) is 1. The highest BCUT2D eigenvalue weighted by Crippen LogP contribution is 2.37. The number of rotatable bonds is 4. The number of hydrogen-bond acceptors (Lipinski definition) is 2. The van der Waals surface area contributed by atoms with Crippen LogP contribution in [0.3, 0.4) is 0 Å². The number of carbonyl (C=O) groups is 2. The van der Waals surface area contributed by atoms with Crippen molar-refractivity contribution in [1.29, 1.82) is 0 Å². The van der Waals surface area contributed by atoms with Gasteiger partial charge in [0.2, 0.25) is 11.8 Å². The van der Waals surface area contributed by atoms with Crippen molar-refractivity contribution in [2.45, 2.75) is 32.1 Å². The Kier molecular flexibility index (Phi) is 5.45. The van der Waals surface area contributed by atoms with Crippen LogP contribution in [0.5, 0.6) is 0 Å². The molecule has 4 nitrogen and oxygen atoms in total. The van der Waals surface area contributed by atoms with Crippen molar-refractivity contribution in [3.05, 3.63) is 77.9 Å².